The van der Waals surface area contributed by atoms with Gasteiger partial charge in [-0.25, -0.2) is 0 Å². The smallest absolute Gasteiger partial charge is 0.138 e. The second-order valence-corrected chi connectivity index (χ2v) is 4.23. The Labute approximate surface area is 89.9 Å². The summed E-state index contributed by atoms with van der Waals surface area (Å²) in [6, 6.07) is 0.658. The molecular weight excluding hydrogens is 192 g/mol. The second kappa shape index (κ2) is 4.33. The molecule has 0 spiro atoms. The van der Waals surface area contributed by atoms with Crippen LogP contribution in [0.15, 0.2) is 4.52 Å². The van der Waals surface area contributed by atoms with Gasteiger partial charge in [-0.2, -0.15) is 0 Å². The van der Waals surface area contributed by atoms with Gasteiger partial charge in [-0.05, 0) is 26.7 Å². The lowest BCUT2D eigenvalue weighted by Gasteiger charge is -2.20. The first-order chi connectivity index (χ1) is 7.22. The fourth-order valence-electron chi connectivity index (χ4n) is 1.89. The first kappa shape index (κ1) is 10.6. The molecule has 0 unspecified atom stereocenters. The molecule has 0 aromatic carbocycles. The molecule has 1 N–H and O–H groups in total. The van der Waals surface area contributed by atoms with Crippen molar-refractivity contribution in [2.45, 2.75) is 39.3 Å². The van der Waals surface area contributed by atoms with Gasteiger partial charge in [0.15, 0.2) is 0 Å². The maximum Gasteiger partial charge on any atom is 0.138 e. The summed E-state index contributed by atoms with van der Waals surface area (Å²) in [5.74, 6) is 0.899. The van der Waals surface area contributed by atoms with Gasteiger partial charge in [0, 0.05) is 24.7 Å². The van der Waals surface area contributed by atoms with Gasteiger partial charge in [0.1, 0.15) is 5.76 Å². The highest BCUT2D eigenvalue weighted by Crippen LogP contribution is 2.29. The lowest BCUT2D eigenvalue weighted by atomic mass is 10.2. The Balaban J connectivity index is 2.04. The van der Waals surface area contributed by atoms with Crippen LogP contribution in [0.25, 0.3) is 0 Å². The standard InChI is InChI=1S/C11H18N2O2/c1-8-11(9(2)15-12-8)7-13(5-6-14)10-3-4-10/h10,14H,3-7H2,1-2H3. The highest BCUT2D eigenvalue weighted by atomic mass is 16.5. The summed E-state index contributed by atoms with van der Waals surface area (Å²) >= 11 is 0. The molecule has 1 aromatic heterocycles. The second-order valence-electron chi connectivity index (χ2n) is 4.23. The summed E-state index contributed by atoms with van der Waals surface area (Å²) in [6.45, 7) is 5.73. The molecular formula is C11H18N2O2. The number of rotatable bonds is 5. The minimum Gasteiger partial charge on any atom is -0.395 e. The maximum atomic E-state index is 9.00. The van der Waals surface area contributed by atoms with Crippen molar-refractivity contribution in [2.75, 3.05) is 13.2 Å². The third kappa shape index (κ3) is 2.38. The molecule has 0 amide bonds. The molecule has 15 heavy (non-hydrogen) atoms. The lowest BCUT2D eigenvalue weighted by Crippen LogP contribution is -2.29. The average molecular weight is 210 g/mol. The van der Waals surface area contributed by atoms with E-state index >= 15 is 0 Å². The van der Waals surface area contributed by atoms with E-state index < -0.39 is 0 Å². The molecule has 1 aliphatic carbocycles. The van der Waals surface area contributed by atoms with Gasteiger partial charge in [-0.1, -0.05) is 5.16 Å². The van der Waals surface area contributed by atoms with Crippen molar-refractivity contribution >= 4 is 0 Å². The third-order valence-corrected chi connectivity index (χ3v) is 2.99. The number of nitrogens with zero attached hydrogens (tertiary/aromatic N) is 2. The SMILES string of the molecule is Cc1noc(C)c1CN(CCO)C1CC1. The van der Waals surface area contributed by atoms with Crippen LogP contribution in [0.5, 0.6) is 0 Å². The zero-order chi connectivity index (χ0) is 10.8. The Bertz CT molecular complexity index is 312. The summed E-state index contributed by atoms with van der Waals surface area (Å²) < 4.78 is 5.14. The van der Waals surface area contributed by atoms with Crippen LogP contribution in [0.1, 0.15) is 29.9 Å². The molecule has 1 fully saturated rings. The fraction of sp³-hybridized carbons (Fsp3) is 0.727. The number of aryl methyl sites for hydroxylation is 2. The molecule has 84 valence electrons. The zero-order valence-corrected chi connectivity index (χ0v) is 9.36. The van der Waals surface area contributed by atoms with Crippen LogP contribution >= 0.6 is 0 Å². The average Bonchev–Trinajstić information content (AvgIpc) is 3.00. The van der Waals surface area contributed by atoms with Gasteiger partial charge < -0.3 is 9.63 Å². The predicted octanol–water partition coefficient (Wildman–Crippen LogP) is 1.25. The molecule has 4 heteroatoms. The number of aromatic nitrogens is 1. The molecule has 2 rings (SSSR count). The Hall–Kier alpha value is -0.870. The summed E-state index contributed by atoms with van der Waals surface area (Å²) in [7, 11) is 0. The van der Waals surface area contributed by atoms with Gasteiger partial charge in [-0.15, -0.1) is 0 Å². The molecule has 0 atom stereocenters. The summed E-state index contributed by atoms with van der Waals surface area (Å²) in [4.78, 5) is 2.31. The molecule has 0 bridgehead atoms. The molecule has 0 radical (unpaired) electrons. The van der Waals surface area contributed by atoms with Crippen LogP contribution in [0.2, 0.25) is 0 Å². The Morgan fingerprint density at radius 2 is 2.20 bits per heavy atom. The third-order valence-electron chi connectivity index (χ3n) is 2.99. The molecule has 1 aliphatic rings. The van der Waals surface area contributed by atoms with Crippen molar-refractivity contribution in [3.05, 3.63) is 17.0 Å². The van der Waals surface area contributed by atoms with Crippen molar-refractivity contribution in [1.29, 1.82) is 0 Å². The molecule has 0 aliphatic heterocycles. The molecule has 0 saturated heterocycles. The number of hydrogen-bond donors (Lipinski definition) is 1. The van der Waals surface area contributed by atoms with E-state index in [1.54, 1.807) is 0 Å². The maximum absolute atomic E-state index is 9.00. The van der Waals surface area contributed by atoms with Crippen LogP contribution in [0.3, 0.4) is 0 Å². The number of aliphatic hydroxyl groups is 1. The quantitative estimate of drug-likeness (QED) is 0.794. The first-order valence-electron chi connectivity index (χ1n) is 5.49. The molecule has 1 heterocycles. The zero-order valence-electron chi connectivity index (χ0n) is 9.36. The number of aliphatic hydroxyl groups excluding tert-OH is 1. The number of hydrogen-bond acceptors (Lipinski definition) is 4. The minimum absolute atomic E-state index is 0.222. The Kier molecular flexibility index (Phi) is 3.07. The van der Waals surface area contributed by atoms with Crippen molar-refractivity contribution < 1.29 is 9.63 Å². The van der Waals surface area contributed by atoms with Gasteiger partial charge in [-0.3, -0.25) is 4.90 Å². The first-order valence-corrected chi connectivity index (χ1v) is 5.49. The van der Waals surface area contributed by atoms with E-state index in [0.717, 1.165) is 24.5 Å². The van der Waals surface area contributed by atoms with Crippen LogP contribution < -0.4 is 0 Å². The van der Waals surface area contributed by atoms with Crippen LogP contribution in [0.4, 0.5) is 0 Å². The topological polar surface area (TPSA) is 49.5 Å². The molecule has 1 aromatic rings. The Morgan fingerprint density at radius 1 is 1.47 bits per heavy atom. The van der Waals surface area contributed by atoms with Crippen LogP contribution in [0, 0.1) is 13.8 Å². The van der Waals surface area contributed by atoms with Crippen molar-refractivity contribution in [2.24, 2.45) is 0 Å². The van der Waals surface area contributed by atoms with Gasteiger partial charge >= 0.3 is 0 Å². The van der Waals surface area contributed by atoms with Crippen LogP contribution in [-0.4, -0.2) is 34.4 Å². The van der Waals surface area contributed by atoms with Crippen molar-refractivity contribution in [3.8, 4) is 0 Å². The highest BCUT2D eigenvalue weighted by Gasteiger charge is 2.29. The molecule has 4 nitrogen and oxygen atoms in total. The summed E-state index contributed by atoms with van der Waals surface area (Å²) in [6.07, 6.45) is 2.51. The highest BCUT2D eigenvalue weighted by molar-refractivity contribution is 5.20. The van der Waals surface area contributed by atoms with E-state index in [4.69, 9.17) is 9.63 Å². The van der Waals surface area contributed by atoms with Crippen molar-refractivity contribution in [1.82, 2.24) is 10.1 Å². The van der Waals surface area contributed by atoms with E-state index in [0.29, 0.717) is 6.04 Å². The summed E-state index contributed by atoms with van der Waals surface area (Å²) in [5.41, 5.74) is 2.14. The van der Waals surface area contributed by atoms with E-state index in [1.165, 1.54) is 18.4 Å². The van der Waals surface area contributed by atoms with Crippen molar-refractivity contribution in [3.63, 3.8) is 0 Å². The van der Waals surface area contributed by atoms with E-state index in [1.807, 2.05) is 13.8 Å². The van der Waals surface area contributed by atoms with E-state index in [2.05, 4.69) is 10.1 Å². The van der Waals surface area contributed by atoms with E-state index in [-0.39, 0.29) is 6.61 Å². The lowest BCUT2D eigenvalue weighted by molar-refractivity contribution is 0.182. The fourth-order valence-corrected chi connectivity index (χ4v) is 1.89. The molecule has 1 saturated carbocycles. The predicted molar refractivity (Wildman–Crippen MR) is 56.5 cm³/mol. The van der Waals surface area contributed by atoms with Gasteiger partial charge in [0.05, 0.1) is 12.3 Å². The normalized spacial score (nSPS) is 16.3. The summed E-state index contributed by atoms with van der Waals surface area (Å²) in [5, 5.41) is 12.9. The van der Waals surface area contributed by atoms with Gasteiger partial charge in [0.25, 0.3) is 0 Å². The van der Waals surface area contributed by atoms with Crippen LogP contribution in [-0.2, 0) is 6.54 Å². The monoisotopic (exact) mass is 210 g/mol. The Morgan fingerprint density at radius 3 is 2.67 bits per heavy atom. The largest absolute Gasteiger partial charge is 0.395 e. The van der Waals surface area contributed by atoms with E-state index in [9.17, 15) is 0 Å². The van der Waals surface area contributed by atoms with Gasteiger partial charge in [0.2, 0.25) is 0 Å². The minimum atomic E-state index is 0.222.